The molecule has 4 rings (SSSR count). The Morgan fingerprint density at radius 3 is 2.43 bits per heavy atom. The standard InChI is InChI=1S/C24H28F3N3O7/c1-22(2,3)37-21(31)13-9-10-18(30-29-13)33-11-14-19-20(36-23(4,5)35-19)15(12-32-14)34-17-8-6-7-16(28-17)24(25,26)27/h6-10,14-15,19-20H,11-12H2,1-5H3/t14-,15+,19+,20-/m1/s1. The molecule has 2 aromatic heterocycles. The van der Waals surface area contributed by atoms with Crippen LogP contribution in [0.5, 0.6) is 11.8 Å². The fourth-order valence-corrected chi connectivity index (χ4v) is 3.84. The number of esters is 1. The molecule has 0 N–H and O–H groups in total. The lowest BCUT2D eigenvalue weighted by molar-refractivity contribution is -0.157. The Bertz CT molecular complexity index is 1110. The monoisotopic (exact) mass is 527 g/mol. The van der Waals surface area contributed by atoms with Crippen LogP contribution in [0.3, 0.4) is 0 Å². The Hall–Kier alpha value is -3.03. The predicted molar refractivity (Wildman–Crippen MR) is 120 cm³/mol. The molecule has 2 aliphatic heterocycles. The lowest BCUT2D eigenvalue weighted by Gasteiger charge is -2.36. The maximum atomic E-state index is 13.0. The van der Waals surface area contributed by atoms with Gasteiger partial charge in [0.05, 0.1) is 6.61 Å². The highest BCUT2D eigenvalue weighted by molar-refractivity contribution is 5.87. The van der Waals surface area contributed by atoms with Crippen molar-refractivity contribution in [1.29, 1.82) is 0 Å². The molecule has 2 aromatic rings. The molecule has 0 aromatic carbocycles. The van der Waals surface area contributed by atoms with Gasteiger partial charge in [0.2, 0.25) is 11.8 Å². The molecule has 0 saturated carbocycles. The molecular weight excluding hydrogens is 499 g/mol. The highest BCUT2D eigenvalue weighted by Crippen LogP contribution is 2.37. The average molecular weight is 527 g/mol. The molecule has 4 heterocycles. The number of ether oxygens (including phenoxy) is 6. The van der Waals surface area contributed by atoms with Crippen LogP contribution in [0.4, 0.5) is 13.2 Å². The van der Waals surface area contributed by atoms with Gasteiger partial charge in [-0.3, -0.25) is 0 Å². The summed E-state index contributed by atoms with van der Waals surface area (Å²) >= 11 is 0. The minimum absolute atomic E-state index is 0.00415. The summed E-state index contributed by atoms with van der Waals surface area (Å²) in [5, 5.41) is 7.75. The van der Waals surface area contributed by atoms with Crippen LogP contribution < -0.4 is 9.47 Å². The first kappa shape index (κ1) is 27.0. The Balaban J connectivity index is 1.40. The predicted octanol–water partition coefficient (Wildman–Crippen LogP) is 3.59. The van der Waals surface area contributed by atoms with Crippen LogP contribution in [0.1, 0.15) is 50.8 Å². The summed E-state index contributed by atoms with van der Waals surface area (Å²) in [5.41, 5.74) is -1.69. The molecule has 13 heteroatoms. The van der Waals surface area contributed by atoms with Gasteiger partial charge in [0.25, 0.3) is 0 Å². The molecule has 37 heavy (non-hydrogen) atoms. The summed E-state index contributed by atoms with van der Waals surface area (Å²) < 4.78 is 73.6. The van der Waals surface area contributed by atoms with Crippen LogP contribution in [0.15, 0.2) is 30.3 Å². The molecular formula is C24H28F3N3O7. The third kappa shape index (κ3) is 6.84. The zero-order valence-electron chi connectivity index (χ0n) is 20.9. The van der Waals surface area contributed by atoms with E-state index in [0.29, 0.717) is 0 Å². The van der Waals surface area contributed by atoms with Gasteiger partial charge in [-0.2, -0.15) is 13.2 Å². The van der Waals surface area contributed by atoms with E-state index in [9.17, 15) is 18.0 Å². The molecule has 0 aliphatic carbocycles. The van der Waals surface area contributed by atoms with Gasteiger partial charge >= 0.3 is 12.1 Å². The van der Waals surface area contributed by atoms with Crippen LogP contribution in [0.2, 0.25) is 0 Å². The van der Waals surface area contributed by atoms with Crippen molar-refractivity contribution in [3.8, 4) is 11.8 Å². The Kier molecular flexibility index (Phi) is 7.32. The lowest BCUT2D eigenvalue weighted by atomic mass is 10.0. The summed E-state index contributed by atoms with van der Waals surface area (Å²) in [6.45, 7) is 8.66. The molecule has 0 spiro atoms. The highest BCUT2D eigenvalue weighted by Gasteiger charge is 2.53. The number of pyridine rings is 1. The number of carbonyl (C=O) groups is 1. The van der Waals surface area contributed by atoms with E-state index in [1.807, 2.05) is 0 Å². The van der Waals surface area contributed by atoms with Crippen molar-refractivity contribution in [3.63, 3.8) is 0 Å². The van der Waals surface area contributed by atoms with Crippen LogP contribution in [-0.2, 0) is 25.1 Å². The molecule has 0 unspecified atom stereocenters. The number of rotatable bonds is 6. The number of aromatic nitrogens is 3. The normalized spacial score (nSPS) is 25.3. The maximum absolute atomic E-state index is 13.0. The SMILES string of the molecule is CC(C)(C)OC(=O)c1ccc(OC[C@H]2OC[C@H](Oc3cccc(C(F)(F)F)n3)[C@H]3OC(C)(C)O[C@H]32)nn1. The molecule has 202 valence electrons. The molecule has 0 bridgehead atoms. The first-order chi connectivity index (χ1) is 17.2. The molecule has 10 nitrogen and oxygen atoms in total. The van der Waals surface area contributed by atoms with Crippen molar-refractivity contribution in [2.24, 2.45) is 0 Å². The van der Waals surface area contributed by atoms with E-state index >= 15 is 0 Å². The molecule has 0 radical (unpaired) electrons. The third-order valence-corrected chi connectivity index (χ3v) is 5.30. The van der Waals surface area contributed by atoms with Gasteiger partial charge < -0.3 is 28.4 Å². The van der Waals surface area contributed by atoms with Gasteiger partial charge in [-0.05, 0) is 46.8 Å². The van der Waals surface area contributed by atoms with Gasteiger partial charge in [-0.1, -0.05) is 6.07 Å². The van der Waals surface area contributed by atoms with E-state index in [-0.39, 0.29) is 30.7 Å². The number of alkyl halides is 3. The Morgan fingerprint density at radius 1 is 1.05 bits per heavy atom. The summed E-state index contributed by atoms with van der Waals surface area (Å²) in [4.78, 5) is 15.7. The summed E-state index contributed by atoms with van der Waals surface area (Å²) in [7, 11) is 0. The van der Waals surface area contributed by atoms with E-state index in [2.05, 4.69) is 15.2 Å². The zero-order valence-corrected chi connectivity index (χ0v) is 20.9. The first-order valence-electron chi connectivity index (χ1n) is 11.6. The number of nitrogens with zero attached hydrogens (tertiary/aromatic N) is 3. The third-order valence-electron chi connectivity index (χ3n) is 5.30. The topological polar surface area (TPSA) is 111 Å². The molecule has 0 amide bonds. The molecule has 2 fully saturated rings. The second-order valence-corrected chi connectivity index (χ2v) is 10.0. The number of hydrogen-bond donors (Lipinski definition) is 0. The number of fused-ring (bicyclic) bond motifs is 1. The van der Waals surface area contributed by atoms with Crippen LogP contribution >= 0.6 is 0 Å². The number of hydrogen-bond acceptors (Lipinski definition) is 10. The Labute approximate surface area is 211 Å². The van der Waals surface area contributed by atoms with Crippen molar-refractivity contribution < 1.29 is 46.4 Å². The van der Waals surface area contributed by atoms with E-state index in [1.165, 1.54) is 24.3 Å². The van der Waals surface area contributed by atoms with Gasteiger partial charge in [-0.15, -0.1) is 10.2 Å². The number of halogens is 3. The summed E-state index contributed by atoms with van der Waals surface area (Å²) in [6, 6.07) is 6.33. The fraction of sp³-hybridized carbons (Fsp3) is 0.583. The fourth-order valence-electron chi connectivity index (χ4n) is 3.84. The zero-order chi connectivity index (χ0) is 27.0. The van der Waals surface area contributed by atoms with E-state index in [1.54, 1.807) is 34.6 Å². The average Bonchev–Trinajstić information content (AvgIpc) is 3.13. The summed E-state index contributed by atoms with van der Waals surface area (Å²) in [6.07, 6.45) is -7.28. The van der Waals surface area contributed by atoms with Crippen molar-refractivity contribution in [3.05, 3.63) is 41.7 Å². The van der Waals surface area contributed by atoms with Crippen molar-refractivity contribution in [2.75, 3.05) is 13.2 Å². The second-order valence-electron chi connectivity index (χ2n) is 10.0. The molecule has 4 atom stereocenters. The lowest BCUT2D eigenvalue weighted by Crippen LogP contribution is -2.55. The maximum Gasteiger partial charge on any atom is 0.433 e. The van der Waals surface area contributed by atoms with Crippen molar-refractivity contribution >= 4 is 5.97 Å². The number of carbonyl (C=O) groups excluding carboxylic acids is 1. The van der Waals surface area contributed by atoms with E-state index in [0.717, 1.165) is 6.07 Å². The molecule has 2 aliphatic rings. The Morgan fingerprint density at radius 2 is 1.78 bits per heavy atom. The van der Waals surface area contributed by atoms with Crippen LogP contribution in [0, 0.1) is 0 Å². The van der Waals surface area contributed by atoms with Crippen LogP contribution in [-0.4, -0.2) is 70.2 Å². The quantitative estimate of drug-likeness (QED) is 0.517. The summed E-state index contributed by atoms with van der Waals surface area (Å²) in [5.74, 6) is -1.65. The molecule has 2 saturated heterocycles. The van der Waals surface area contributed by atoms with Gasteiger partial charge in [0, 0.05) is 12.1 Å². The van der Waals surface area contributed by atoms with E-state index in [4.69, 9.17) is 28.4 Å². The minimum Gasteiger partial charge on any atom is -0.474 e. The van der Waals surface area contributed by atoms with Gasteiger partial charge in [0.1, 0.15) is 36.2 Å². The second kappa shape index (κ2) is 10.0. The van der Waals surface area contributed by atoms with Crippen LogP contribution in [0.25, 0.3) is 0 Å². The van der Waals surface area contributed by atoms with Crippen molar-refractivity contribution in [2.45, 2.75) is 76.6 Å². The highest BCUT2D eigenvalue weighted by atomic mass is 19.4. The largest absolute Gasteiger partial charge is 0.474 e. The van der Waals surface area contributed by atoms with Gasteiger partial charge in [-0.25, -0.2) is 9.78 Å². The minimum atomic E-state index is -4.60. The smallest absolute Gasteiger partial charge is 0.433 e. The first-order valence-corrected chi connectivity index (χ1v) is 11.6. The van der Waals surface area contributed by atoms with E-state index < -0.39 is 53.6 Å². The van der Waals surface area contributed by atoms with Gasteiger partial charge in [0.15, 0.2) is 17.6 Å². The van der Waals surface area contributed by atoms with Crippen molar-refractivity contribution in [1.82, 2.24) is 15.2 Å².